The summed E-state index contributed by atoms with van der Waals surface area (Å²) in [7, 11) is 0. The van der Waals surface area contributed by atoms with Crippen molar-refractivity contribution in [2.75, 3.05) is 14.7 Å². The highest BCUT2D eigenvalue weighted by Gasteiger charge is 2.27. The van der Waals surface area contributed by atoms with Crippen molar-refractivity contribution in [1.82, 2.24) is 0 Å². The topological polar surface area (TPSA) is 9.72 Å². The molecule has 0 spiro atoms. The largest absolute Gasteiger partial charge is 0.310 e. The van der Waals surface area contributed by atoms with E-state index in [2.05, 4.69) is 555 Å². The van der Waals surface area contributed by atoms with E-state index in [9.17, 15) is 0 Å². The van der Waals surface area contributed by atoms with E-state index >= 15 is 0 Å². The Labute approximate surface area is 743 Å². The lowest BCUT2D eigenvalue weighted by Gasteiger charge is -2.30. The first-order valence-electron chi connectivity index (χ1n) is 43.5. The number of nitrogens with zero attached hydrogens (tertiary/aromatic N) is 3. The molecule has 3 nitrogen and oxygen atoms in total. The molecule has 0 aliphatic carbocycles. The first-order valence-corrected chi connectivity index (χ1v) is 43.5. The van der Waals surface area contributed by atoms with Gasteiger partial charge >= 0.3 is 0 Å². The molecule has 0 unspecified atom stereocenters. The van der Waals surface area contributed by atoms with Crippen LogP contribution in [0.3, 0.4) is 0 Å². The Bertz CT molecular complexity index is 7450. The average molecular weight is 1620 g/mol. The minimum atomic E-state index is 1.09. The van der Waals surface area contributed by atoms with Crippen molar-refractivity contribution < 1.29 is 0 Å². The molecule has 0 fully saturated rings. The van der Waals surface area contributed by atoms with E-state index in [0.29, 0.717) is 0 Å². The van der Waals surface area contributed by atoms with Crippen molar-refractivity contribution in [2.24, 2.45) is 0 Å². The normalized spacial score (nSPS) is 11.0. The van der Waals surface area contributed by atoms with Crippen LogP contribution in [-0.2, 0) is 0 Å². The quantitative estimate of drug-likeness (QED) is 0.0848. The molecule has 0 saturated heterocycles. The summed E-state index contributed by atoms with van der Waals surface area (Å²) < 4.78 is 0. The number of hydrogen-bond acceptors (Lipinski definition) is 3. The Balaban J connectivity index is 0.000000122. The lowest BCUT2D eigenvalue weighted by molar-refractivity contribution is 1.29. The maximum absolute atomic E-state index is 2.44. The van der Waals surface area contributed by atoms with Gasteiger partial charge in [0.2, 0.25) is 0 Å². The van der Waals surface area contributed by atoms with Gasteiger partial charge in [-0.1, -0.05) is 443 Å². The summed E-state index contributed by atoms with van der Waals surface area (Å²) in [5.41, 5.74) is 31.8. The van der Waals surface area contributed by atoms with E-state index in [-0.39, 0.29) is 0 Å². The predicted molar refractivity (Wildman–Crippen MR) is 542 cm³/mol. The highest BCUT2D eigenvalue weighted by Crippen LogP contribution is 2.53. The van der Waals surface area contributed by atoms with E-state index in [4.69, 9.17) is 0 Å². The zero-order chi connectivity index (χ0) is 84.9. The number of hydrogen-bond donors (Lipinski definition) is 0. The molecule has 0 N–H and O–H groups in total. The monoisotopic (exact) mass is 1620 g/mol. The lowest BCUT2D eigenvalue weighted by Crippen LogP contribution is -2.12. The molecule has 22 aromatic rings. The van der Waals surface area contributed by atoms with E-state index in [1.807, 2.05) is 0 Å². The second-order valence-corrected chi connectivity index (χ2v) is 31.7. The zero-order valence-electron chi connectivity index (χ0n) is 70.2. The third-order valence-corrected chi connectivity index (χ3v) is 23.9. The summed E-state index contributed by atoms with van der Waals surface area (Å²) >= 11 is 0. The summed E-state index contributed by atoms with van der Waals surface area (Å²) in [5.74, 6) is 0. The summed E-state index contributed by atoms with van der Waals surface area (Å²) in [6.45, 7) is 0. The summed E-state index contributed by atoms with van der Waals surface area (Å²) in [4.78, 5) is 7.23. The van der Waals surface area contributed by atoms with Crippen LogP contribution in [-0.4, -0.2) is 0 Å². The second kappa shape index (κ2) is 36.9. The molecule has 0 bridgehead atoms. The molecule has 0 aromatic heterocycles. The number of fused-ring (bicyclic) bond motifs is 4. The van der Waals surface area contributed by atoms with Crippen molar-refractivity contribution in [3.05, 3.63) is 540 Å². The van der Waals surface area contributed by atoms with Crippen LogP contribution in [0.1, 0.15) is 0 Å². The number of benzene rings is 22. The fourth-order valence-corrected chi connectivity index (χ4v) is 18.0. The lowest BCUT2D eigenvalue weighted by atomic mass is 9.89. The Hall–Kier alpha value is -16.7. The van der Waals surface area contributed by atoms with Gasteiger partial charge in [-0.05, 0) is 224 Å². The van der Waals surface area contributed by atoms with Crippen molar-refractivity contribution in [2.45, 2.75) is 0 Å². The summed E-state index contributed by atoms with van der Waals surface area (Å²) in [6.07, 6.45) is 0. The molecule has 0 atom stereocenters. The highest BCUT2D eigenvalue weighted by molar-refractivity contribution is 6.15. The van der Waals surface area contributed by atoms with Crippen molar-refractivity contribution in [3.8, 4) is 100 Å². The van der Waals surface area contributed by atoms with E-state index in [1.54, 1.807) is 0 Å². The van der Waals surface area contributed by atoms with Crippen LogP contribution in [0.5, 0.6) is 0 Å². The van der Waals surface area contributed by atoms with E-state index in [0.717, 1.165) is 51.2 Å². The van der Waals surface area contributed by atoms with Crippen LogP contribution >= 0.6 is 0 Å². The van der Waals surface area contributed by atoms with Gasteiger partial charge in [0, 0.05) is 50.8 Å². The van der Waals surface area contributed by atoms with Crippen LogP contribution in [0.25, 0.3) is 143 Å². The maximum Gasteiger partial charge on any atom is 0.0552 e. The Morgan fingerprint density at radius 3 is 0.661 bits per heavy atom. The van der Waals surface area contributed by atoms with Gasteiger partial charge in [0.1, 0.15) is 0 Å². The molecule has 127 heavy (non-hydrogen) atoms. The summed E-state index contributed by atoms with van der Waals surface area (Å²) in [6, 6.07) is 193. The molecular formula is C124H89N3. The minimum absolute atomic E-state index is 1.09. The third-order valence-electron chi connectivity index (χ3n) is 23.9. The molecule has 600 valence electrons. The maximum atomic E-state index is 2.44. The standard InChI is InChI=1S/C50H35N.C40H29N.C34H25N/c1-4-15-36(16-5-1)38-29-31-44(32-30-38)51(45-24-14-23-42(34-45)43-28-27-37-17-10-11-22-41(37)33-43)49-35-48(39-18-6-2-7-19-39)46-25-12-13-26-47(46)50(49)40-20-8-3-9-21-40;1-5-16-30(17-6-1)33-22-15-25-35(28-33)41(34-23-11-4-12-24-34)39-29-38(31-18-7-2-8-19-31)36-26-13-14-27-37(36)40(39)32-20-9-3-10-21-32;1-5-15-26(16-6-1)32-25-33(35(28-19-9-3-10-20-28)29-21-11-4-12-22-29)34(27-17-7-2-8-18-27)31-24-14-13-23-30(31)32/h1-35H;1-29H;1-25H. The first kappa shape index (κ1) is 78.8. The van der Waals surface area contributed by atoms with Gasteiger partial charge in [0.05, 0.1) is 17.1 Å². The fraction of sp³-hybridized carbons (Fsp3) is 0. The molecule has 3 heteroatoms. The van der Waals surface area contributed by atoms with Crippen LogP contribution in [0.15, 0.2) is 540 Å². The van der Waals surface area contributed by atoms with Crippen LogP contribution < -0.4 is 14.7 Å². The molecule has 22 rings (SSSR count). The number of para-hydroxylation sites is 3. The fourth-order valence-electron chi connectivity index (χ4n) is 18.0. The van der Waals surface area contributed by atoms with Gasteiger partial charge in [-0.25, -0.2) is 0 Å². The predicted octanol–water partition coefficient (Wildman–Crippen LogP) is 35.1. The molecule has 0 radical (unpaired) electrons. The molecule has 0 heterocycles. The van der Waals surface area contributed by atoms with Gasteiger partial charge in [0.15, 0.2) is 0 Å². The van der Waals surface area contributed by atoms with Gasteiger partial charge < -0.3 is 14.7 Å². The smallest absolute Gasteiger partial charge is 0.0552 e. The second-order valence-electron chi connectivity index (χ2n) is 31.7. The molecule has 22 aromatic carbocycles. The van der Waals surface area contributed by atoms with Crippen molar-refractivity contribution in [3.63, 3.8) is 0 Å². The van der Waals surface area contributed by atoms with Gasteiger partial charge in [-0.3, -0.25) is 0 Å². The SMILES string of the molecule is c1ccc(-c2cc(N(c3ccccc3)c3ccccc3)c(-c3ccccc3)c3ccccc23)cc1.c1ccc(-c2ccc(N(c3cccc(-c4ccc5ccccc5c4)c3)c3cc(-c4ccccc4)c4ccccc4c3-c3ccccc3)cc2)cc1.c1ccc(-c2cccc(N(c3ccccc3)c3cc(-c4ccccc4)c4ccccc4c3-c3ccccc3)c2)cc1. The van der Waals surface area contributed by atoms with Gasteiger partial charge in [-0.2, -0.15) is 0 Å². The third kappa shape index (κ3) is 16.7. The minimum Gasteiger partial charge on any atom is -0.310 e. The molecular weight excluding hydrogens is 1530 g/mol. The number of anilines is 9. The Morgan fingerprint density at radius 2 is 0.323 bits per heavy atom. The van der Waals surface area contributed by atoms with E-state index in [1.165, 1.54) is 143 Å². The Kier molecular flexibility index (Phi) is 22.9. The van der Waals surface area contributed by atoms with Crippen molar-refractivity contribution >= 4 is 94.3 Å². The van der Waals surface area contributed by atoms with Gasteiger partial charge in [0.25, 0.3) is 0 Å². The van der Waals surface area contributed by atoms with E-state index < -0.39 is 0 Å². The zero-order valence-corrected chi connectivity index (χ0v) is 70.2. The van der Waals surface area contributed by atoms with Crippen molar-refractivity contribution in [1.29, 1.82) is 0 Å². The number of rotatable bonds is 18. The molecule has 0 amide bonds. The van der Waals surface area contributed by atoms with Gasteiger partial charge in [-0.15, -0.1) is 0 Å². The first-order chi connectivity index (χ1) is 63.1. The van der Waals surface area contributed by atoms with Crippen LogP contribution in [0, 0.1) is 0 Å². The molecule has 0 saturated carbocycles. The summed E-state index contributed by atoms with van der Waals surface area (Å²) in [5, 5.41) is 9.90. The van der Waals surface area contributed by atoms with Crippen LogP contribution in [0.4, 0.5) is 51.2 Å². The average Bonchev–Trinajstić information content (AvgIpc) is 0.749. The molecule has 0 aliphatic heterocycles. The highest BCUT2D eigenvalue weighted by atomic mass is 15.2. The molecule has 0 aliphatic rings. The Morgan fingerprint density at radius 1 is 0.110 bits per heavy atom. The van der Waals surface area contributed by atoms with Crippen LogP contribution in [0.2, 0.25) is 0 Å².